The minimum Gasteiger partial charge on any atom is -0.369 e. The van der Waals surface area contributed by atoms with E-state index >= 15 is 0 Å². The molecule has 3 aliphatic heterocycles. The van der Waals surface area contributed by atoms with Gasteiger partial charge in [0.2, 0.25) is 11.8 Å². The number of hydrogen-bond donors (Lipinski definition) is 2. The Morgan fingerprint density at radius 2 is 1.65 bits per heavy atom. The van der Waals surface area contributed by atoms with E-state index in [1.54, 1.807) is 9.80 Å². The highest BCUT2D eigenvalue weighted by atomic mass is 16.2. The van der Waals surface area contributed by atoms with Gasteiger partial charge in [0.05, 0.1) is 12.6 Å². The summed E-state index contributed by atoms with van der Waals surface area (Å²) in [5, 5.41) is 6.32. The predicted molar refractivity (Wildman–Crippen MR) is 154 cm³/mol. The molecule has 9 heteroatoms. The highest BCUT2D eigenvalue weighted by Gasteiger charge is 2.52. The van der Waals surface area contributed by atoms with Gasteiger partial charge in [0.15, 0.2) is 5.78 Å². The van der Waals surface area contributed by atoms with E-state index < -0.39 is 12.1 Å². The zero-order valence-electron chi connectivity index (χ0n) is 24.1. The summed E-state index contributed by atoms with van der Waals surface area (Å²) >= 11 is 0. The molecular weight excluding hydrogens is 506 g/mol. The van der Waals surface area contributed by atoms with E-state index in [1.807, 2.05) is 38.1 Å². The number of carbonyl (C=O) groups excluding carboxylic acids is 4. The third-order valence-electron chi connectivity index (χ3n) is 9.14. The molecule has 9 nitrogen and oxygen atoms in total. The normalized spacial score (nSPS) is 24.4. The van der Waals surface area contributed by atoms with Gasteiger partial charge in [-0.25, -0.2) is 0 Å². The highest BCUT2D eigenvalue weighted by Crippen LogP contribution is 2.33. The zero-order valence-corrected chi connectivity index (χ0v) is 24.1. The van der Waals surface area contributed by atoms with Crippen molar-refractivity contribution in [2.24, 2.45) is 11.8 Å². The van der Waals surface area contributed by atoms with Crippen molar-refractivity contribution in [3.63, 3.8) is 0 Å². The topological polar surface area (TPSA) is 102 Å². The molecule has 4 aliphatic rings. The summed E-state index contributed by atoms with van der Waals surface area (Å²) in [5.74, 6) is 0.0663. The Morgan fingerprint density at radius 3 is 2.33 bits per heavy atom. The molecule has 3 unspecified atom stereocenters. The molecule has 3 saturated heterocycles. The molecule has 3 amide bonds. The zero-order chi connectivity index (χ0) is 28.2. The molecule has 4 fully saturated rings. The summed E-state index contributed by atoms with van der Waals surface area (Å²) < 4.78 is 0. The third kappa shape index (κ3) is 6.35. The van der Waals surface area contributed by atoms with Crippen molar-refractivity contribution in [1.82, 2.24) is 20.4 Å². The van der Waals surface area contributed by atoms with Crippen molar-refractivity contribution in [3.05, 3.63) is 29.8 Å². The Labute approximate surface area is 238 Å². The third-order valence-corrected chi connectivity index (χ3v) is 9.14. The van der Waals surface area contributed by atoms with Crippen LogP contribution in [0, 0.1) is 11.8 Å². The first-order valence-electron chi connectivity index (χ1n) is 15.3. The quantitative estimate of drug-likeness (QED) is 0.515. The van der Waals surface area contributed by atoms with E-state index in [0.29, 0.717) is 37.3 Å². The van der Waals surface area contributed by atoms with Gasteiger partial charge in [-0.15, -0.1) is 0 Å². The average Bonchev–Trinajstić information content (AvgIpc) is 3.54. The van der Waals surface area contributed by atoms with Gasteiger partial charge in [-0.3, -0.25) is 19.2 Å². The van der Waals surface area contributed by atoms with Crippen LogP contribution in [-0.4, -0.2) is 90.7 Å². The van der Waals surface area contributed by atoms with Gasteiger partial charge in [-0.1, -0.05) is 33.1 Å². The molecule has 2 N–H and O–H groups in total. The number of benzene rings is 1. The molecular formula is C31H45N5O4. The number of ketones is 1. The maximum absolute atomic E-state index is 13.8. The summed E-state index contributed by atoms with van der Waals surface area (Å²) in [6.45, 7) is 8.29. The summed E-state index contributed by atoms with van der Waals surface area (Å²) in [5.41, 5.74) is 1.59. The Hall–Kier alpha value is -2.94. The number of amides is 3. The van der Waals surface area contributed by atoms with Gasteiger partial charge in [-0.05, 0) is 61.8 Å². The van der Waals surface area contributed by atoms with Crippen molar-refractivity contribution in [2.75, 3.05) is 44.2 Å². The second kappa shape index (κ2) is 12.7. The number of piperazine rings is 1. The van der Waals surface area contributed by atoms with Crippen LogP contribution in [0.25, 0.3) is 0 Å². The van der Waals surface area contributed by atoms with Gasteiger partial charge in [-0.2, -0.15) is 0 Å². The van der Waals surface area contributed by atoms with Crippen LogP contribution in [0.15, 0.2) is 24.3 Å². The maximum atomic E-state index is 13.8. The first kappa shape index (κ1) is 28.6. The molecule has 218 valence electrons. The van der Waals surface area contributed by atoms with Crippen LogP contribution in [0.5, 0.6) is 0 Å². The van der Waals surface area contributed by atoms with Crippen LogP contribution in [0.3, 0.4) is 0 Å². The lowest BCUT2D eigenvalue weighted by molar-refractivity contribution is -0.138. The standard InChI is InChI=1S/C31H45N5O4/c1-21(2)18-25(33-30(39)23-8-10-24(11-9-23)34-16-13-32-14-17-34)31(40)35-15-12-26-29(35)27(37)20-36(26)28(38)19-22-6-4-3-5-7-22/h8-11,21-22,25-26,29,32H,3-7,12-20H2,1-2H3,(H,33,39). The highest BCUT2D eigenvalue weighted by molar-refractivity contribution is 6.01. The Morgan fingerprint density at radius 1 is 0.950 bits per heavy atom. The fourth-order valence-electron chi connectivity index (χ4n) is 7.03. The Bertz CT molecular complexity index is 1080. The molecule has 0 radical (unpaired) electrons. The summed E-state index contributed by atoms with van der Waals surface area (Å²) in [4.78, 5) is 59.1. The maximum Gasteiger partial charge on any atom is 0.251 e. The van der Waals surface area contributed by atoms with Crippen molar-refractivity contribution in [2.45, 2.75) is 83.3 Å². The molecule has 1 aliphatic carbocycles. The van der Waals surface area contributed by atoms with Crippen LogP contribution >= 0.6 is 0 Å². The first-order chi connectivity index (χ1) is 19.3. The second-order valence-electron chi connectivity index (χ2n) is 12.5. The number of likely N-dealkylation sites (tertiary alicyclic amines) is 2. The number of carbonyl (C=O) groups is 4. The van der Waals surface area contributed by atoms with Gasteiger partial charge >= 0.3 is 0 Å². The monoisotopic (exact) mass is 551 g/mol. The van der Waals surface area contributed by atoms with Crippen molar-refractivity contribution in [1.29, 1.82) is 0 Å². The fraction of sp³-hybridized carbons (Fsp3) is 0.677. The molecule has 0 aromatic heterocycles. The fourth-order valence-corrected chi connectivity index (χ4v) is 7.03. The molecule has 3 atom stereocenters. The lowest BCUT2D eigenvalue weighted by atomic mass is 9.86. The molecule has 1 saturated carbocycles. The Balaban J connectivity index is 1.23. The lowest BCUT2D eigenvalue weighted by Gasteiger charge is -2.30. The minimum atomic E-state index is -0.723. The van der Waals surface area contributed by atoms with E-state index in [4.69, 9.17) is 0 Å². The van der Waals surface area contributed by atoms with E-state index in [-0.39, 0.29) is 42.0 Å². The number of anilines is 1. The van der Waals surface area contributed by atoms with E-state index in [1.165, 1.54) is 19.3 Å². The van der Waals surface area contributed by atoms with Crippen LogP contribution in [-0.2, 0) is 14.4 Å². The summed E-state index contributed by atoms with van der Waals surface area (Å²) in [7, 11) is 0. The molecule has 3 heterocycles. The second-order valence-corrected chi connectivity index (χ2v) is 12.5. The molecule has 40 heavy (non-hydrogen) atoms. The molecule has 1 aromatic rings. The lowest BCUT2D eigenvalue weighted by Crippen LogP contribution is -2.53. The smallest absolute Gasteiger partial charge is 0.251 e. The van der Waals surface area contributed by atoms with Crippen molar-refractivity contribution < 1.29 is 19.2 Å². The van der Waals surface area contributed by atoms with Crippen molar-refractivity contribution >= 4 is 29.2 Å². The van der Waals surface area contributed by atoms with Crippen molar-refractivity contribution in [3.8, 4) is 0 Å². The largest absolute Gasteiger partial charge is 0.369 e. The molecule has 0 spiro atoms. The number of hydrogen-bond acceptors (Lipinski definition) is 6. The summed E-state index contributed by atoms with van der Waals surface area (Å²) in [6.07, 6.45) is 7.35. The van der Waals surface area contributed by atoms with Gasteiger partial charge in [0, 0.05) is 50.4 Å². The van der Waals surface area contributed by atoms with Crippen LogP contribution in [0.1, 0.15) is 75.6 Å². The average molecular weight is 552 g/mol. The van der Waals surface area contributed by atoms with Crippen LogP contribution in [0.2, 0.25) is 0 Å². The SMILES string of the molecule is CC(C)CC(NC(=O)c1ccc(N2CCNCC2)cc1)C(=O)N1CCC2C1C(=O)CN2C(=O)CC1CCCCC1. The summed E-state index contributed by atoms with van der Waals surface area (Å²) in [6, 6.07) is 5.96. The number of nitrogens with one attached hydrogen (secondary N) is 2. The first-order valence-corrected chi connectivity index (χ1v) is 15.3. The predicted octanol–water partition coefficient (Wildman–Crippen LogP) is 2.59. The van der Waals surface area contributed by atoms with Gasteiger partial charge in [0.25, 0.3) is 5.91 Å². The van der Waals surface area contributed by atoms with E-state index in [9.17, 15) is 19.2 Å². The number of nitrogens with zero attached hydrogens (tertiary/aromatic N) is 3. The molecule has 5 rings (SSSR count). The number of fused-ring (bicyclic) bond motifs is 1. The van der Waals surface area contributed by atoms with Gasteiger partial charge < -0.3 is 25.3 Å². The van der Waals surface area contributed by atoms with E-state index in [0.717, 1.165) is 44.7 Å². The molecule has 0 bridgehead atoms. The van der Waals surface area contributed by atoms with Gasteiger partial charge in [0.1, 0.15) is 12.1 Å². The Kier molecular flexibility index (Phi) is 9.08. The number of rotatable bonds is 8. The molecule has 1 aromatic carbocycles. The van der Waals surface area contributed by atoms with Crippen LogP contribution < -0.4 is 15.5 Å². The van der Waals surface area contributed by atoms with Crippen LogP contribution in [0.4, 0.5) is 5.69 Å². The minimum absolute atomic E-state index is 0.0540. The van der Waals surface area contributed by atoms with E-state index in [2.05, 4.69) is 15.5 Å². The number of Topliss-reactive ketones (excluding diaryl/α,β-unsaturated/α-hetero) is 1.